The molecule has 0 radical (unpaired) electrons. The van der Waals surface area contributed by atoms with Crippen LogP contribution >= 0.6 is 0 Å². The zero-order valence-corrected chi connectivity index (χ0v) is 14.9. The van der Waals surface area contributed by atoms with Gasteiger partial charge in [0.15, 0.2) is 0 Å². The fourth-order valence-electron chi connectivity index (χ4n) is 3.45. The van der Waals surface area contributed by atoms with E-state index in [0.29, 0.717) is 0 Å². The summed E-state index contributed by atoms with van der Waals surface area (Å²) >= 11 is 0. The Morgan fingerprint density at radius 2 is 2.04 bits per heavy atom. The van der Waals surface area contributed by atoms with Gasteiger partial charge in [0.05, 0.1) is 7.11 Å². The van der Waals surface area contributed by atoms with Crippen molar-refractivity contribution in [1.82, 2.24) is 20.2 Å². The number of hydrogen-bond donors (Lipinski definition) is 2. The number of rotatable bonds is 5. The quantitative estimate of drug-likeness (QED) is 0.877. The van der Waals surface area contributed by atoms with Crippen LogP contribution in [0.5, 0.6) is 5.75 Å². The van der Waals surface area contributed by atoms with Crippen LogP contribution in [0.2, 0.25) is 0 Å². The summed E-state index contributed by atoms with van der Waals surface area (Å²) in [4.78, 5) is 17.0. The summed E-state index contributed by atoms with van der Waals surface area (Å²) in [6.45, 7) is 0. The Hall–Kier alpha value is -2.50. The highest BCUT2D eigenvalue weighted by Gasteiger charge is 2.25. The summed E-state index contributed by atoms with van der Waals surface area (Å²) in [5.41, 5.74) is 0.887. The average Bonchev–Trinajstić information content (AvgIpc) is 3.06. The van der Waals surface area contributed by atoms with Crippen LogP contribution in [0.4, 0.5) is 4.79 Å². The molecule has 0 saturated heterocycles. The number of hydrogen-bond acceptors (Lipinski definition) is 3. The van der Waals surface area contributed by atoms with Crippen LogP contribution in [0, 0.1) is 0 Å². The molecule has 2 amide bonds. The van der Waals surface area contributed by atoms with E-state index < -0.39 is 0 Å². The lowest BCUT2D eigenvalue weighted by Crippen LogP contribution is -2.44. The molecule has 0 bridgehead atoms. The summed E-state index contributed by atoms with van der Waals surface area (Å²) in [5.74, 6) is 1.50. The molecule has 6 heteroatoms. The molecule has 3 rings (SSSR count). The number of carbonyl (C=O) groups excluding carboxylic acids is 1. The van der Waals surface area contributed by atoms with Crippen molar-refractivity contribution >= 4 is 6.03 Å². The molecular weight excluding hydrogens is 316 g/mol. The molecule has 134 valence electrons. The Bertz CT molecular complexity index is 707. The second kappa shape index (κ2) is 8.05. The number of aromatic nitrogens is 2. The molecule has 2 N–H and O–H groups in total. The van der Waals surface area contributed by atoms with Crippen molar-refractivity contribution in [3.63, 3.8) is 0 Å². The van der Waals surface area contributed by atoms with Crippen LogP contribution in [-0.2, 0) is 7.05 Å². The van der Waals surface area contributed by atoms with Gasteiger partial charge in [-0.1, -0.05) is 37.5 Å². The molecular formula is C19H26N4O2. The second-order valence-electron chi connectivity index (χ2n) is 6.52. The number of amides is 2. The molecule has 1 atom stereocenters. The molecule has 1 aliphatic carbocycles. The highest BCUT2D eigenvalue weighted by atomic mass is 16.5. The van der Waals surface area contributed by atoms with Crippen LogP contribution < -0.4 is 15.4 Å². The van der Waals surface area contributed by atoms with Gasteiger partial charge in [-0.05, 0) is 18.9 Å². The van der Waals surface area contributed by atoms with Gasteiger partial charge in [0.1, 0.15) is 17.6 Å². The molecule has 1 heterocycles. The number of nitrogens with one attached hydrogen (secondary N) is 2. The van der Waals surface area contributed by atoms with E-state index in [2.05, 4.69) is 15.6 Å². The third kappa shape index (κ3) is 4.13. The van der Waals surface area contributed by atoms with Crippen molar-refractivity contribution in [1.29, 1.82) is 0 Å². The highest BCUT2D eigenvalue weighted by Crippen LogP contribution is 2.29. The first-order chi connectivity index (χ1) is 12.2. The Balaban J connectivity index is 1.82. The van der Waals surface area contributed by atoms with Gasteiger partial charge in [0.25, 0.3) is 0 Å². The third-order valence-corrected chi connectivity index (χ3v) is 4.78. The van der Waals surface area contributed by atoms with Crippen molar-refractivity contribution in [2.45, 2.75) is 44.2 Å². The number of nitrogens with zero attached hydrogens (tertiary/aromatic N) is 2. The van der Waals surface area contributed by atoms with Crippen molar-refractivity contribution in [2.24, 2.45) is 7.05 Å². The van der Waals surface area contributed by atoms with Crippen LogP contribution in [0.15, 0.2) is 36.7 Å². The van der Waals surface area contributed by atoms with Gasteiger partial charge >= 0.3 is 6.03 Å². The maximum Gasteiger partial charge on any atom is 0.315 e. The maximum atomic E-state index is 12.6. The summed E-state index contributed by atoms with van der Waals surface area (Å²) in [7, 11) is 3.56. The van der Waals surface area contributed by atoms with Crippen molar-refractivity contribution in [3.05, 3.63) is 48.0 Å². The molecule has 1 saturated carbocycles. The number of carbonyl (C=O) groups is 1. The van der Waals surface area contributed by atoms with Gasteiger partial charge in [-0.15, -0.1) is 0 Å². The van der Waals surface area contributed by atoms with Gasteiger partial charge in [0, 0.05) is 31.0 Å². The standard InChI is InChI=1S/C19H26N4O2/c1-23-13-12-20-18(23)17(15-10-6-7-11-16(15)25-2)22-19(24)21-14-8-4-3-5-9-14/h6-7,10-14,17H,3-5,8-9H2,1-2H3,(H2,21,22,24)/t17-/m1/s1. The van der Waals surface area contributed by atoms with E-state index >= 15 is 0 Å². The zero-order chi connectivity index (χ0) is 17.6. The first-order valence-electron chi connectivity index (χ1n) is 8.86. The molecule has 0 aliphatic heterocycles. The molecule has 1 aliphatic rings. The molecule has 1 aromatic heterocycles. The normalized spacial score (nSPS) is 16.2. The van der Waals surface area contributed by atoms with Crippen molar-refractivity contribution < 1.29 is 9.53 Å². The van der Waals surface area contributed by atoms with Crippen LogP contribution in [0.3, 0.4) is 0 Å². The minimum absolute atomic E-state index is 0.161. The predicted octanol–water partition coefficient (Wildman–Crippen LogP) is 3.15. The van der Waals surface area contributed by atoms with E-state index in [1.807, 2.05) is 42.1 Å². The average molecular weight is 342 g/mol. The minimum Gasteiger partial charge on any atom is -0.496 e. The number of aryl methyl sites for hydroxylation is 1. The lowest BCUT2D eigenvalue weighted by Gasteiger charge is -2.26. The second-order valence-corrected chi connectivity index (χ2v) is 6.52. The lowest BCUT2D eigenvalue weighted by atomic mass is 9.96. The van der Waals surface area contributed by atoms with Crippen molar-refractivity contribution in [3.8, 4) is 5.75 Å². The SMILES string of the molecule is COc1ccccc1[C@@H](NC(=O)NC1CCCCC1)c1nccn1C. The molecule has 0 unspecified atom stereocenters. The van der Waals surface area contributed by atoms with E-state index in [-0.39, 0.29) is 18.1 Å². The Morgan fingerprint density at radius 3 is 2.72 bits per heavy atom. The van der Waals surface area contributed by atoms with E-state index in [9.17, 15) is 4.79 Å². The molecule has 2 aromatic rings. The fraction of sp³-hybridized carbons (Fsp3) is 0.474. The van der Waals surface area contributed by atoms with E-state index in [0.717, 1.165) is 30.0 Å². The zero-order valence-electron chi connectivity index (χ0n) is 14.9. The van der Waals surface area contributed by atoms with Gasteiger partial charge in [0.2, 0.25) is 0 Å². The van der Waals surface area contributed by atoms with Gasteiger partial charge < -0.3 is 19.9 Å². The van der Waals surface area contributed by atoms with E-state index in [1.165, 1.54) is 19.3 Å². The Morgan fingerprint density at radius 1 is 1.28 bits per heavy atom. The summed E-state index contributed by atoms with van der Waals surface area (Å²) in [6.07, 6.45) is 9.33. The van der Waals surface area contributed by atoms with Gasteiger partial charge in [-0.25, -0.2) is 9.78 Å². The van der Waals surface area contributed by atoms with Crippen molar-refractivity contribution in [2.75, 3.05) is 7.11 Å². The number of methoxy groups -OCH3 is 1. The number of benzene rings is 1. The summed E-state index contributed by atoms with van der Waals surface area (Å²) < 4.78 is 7.40. The van der Waals surface area contributed by atoms with E-state index in [4.69, 9.17) is 4.74 Å². The van der Waals surface area contributed by atoms with E-state index in [1.54, 1.807) is 13.3 Å². The van der Waals surface area contributed by atoms with Gasteiger partial charge in [-0.3, -0.25) is 0 Å². The molecule has 25 heavy (non-hydrogen) atoms. The van der Waals surface area contributed by atoms with Crippen LogP contribution in [-0.4, -0.2) is 28.7 Å². The molecule has 0 spiro atoms. The number of imidazole rings is 1. The largest absolute Gasteiger partial charge is 0.496 e. The first-order valence-corrected chi connectivity index (χ1v) is 8.86. The topological polar surface area (TPSA) is 68.2 Å². The van der Waals surface area contributed by atoms with Crippen LogP contribution in [0.25, 0.3) is 0 Å². The summed E-state index contributed by atoms with van der Waals surface area (Å²) in [5, 5.41) is 6.20. The minimum atomic E-state index is -0.375. The lowest BCUT2D eigenvalue weighted by molar-refractivity contribution is 0.229. The van der Waals surface area contributed by atoms with Crippen LogP contribution in [0.1, 0.15) is 49.5 Å². The molecule has 1 aromatic carbocycles. The number of para-hydroxylation sites is 1. The Labute approximate surface area is 148 Å². The highest BCUT2D eigenvalue weighted by molar-refractivity contribution is 5.75. The molecule has 1 fully saturated rings. The molecule has 6 nitrogen and oxygen atoms in total. The number of urea groups is 1. The first kappa shape index (κ1) is 17.3. The number of ether oxygens (including phenoxy) is 1. The van der Waals surface area contributed by atoms with Gasteiger partial charge in [-0.2, -0.15) is 0 Å². The smallest absolute Gasteiger partial charge is 0.315 e. The monoisotopic (exact) mass is 342 g/mol. The summed E-state index contributed by atoms with van der Waals surface area (Å²) in [6, 6.07) is 7.43. The predicted molar refractivity (Wildman–Crippen MR) is 96.6 cm³/mol. The Kier molecular flexibility index (Phi) is 5.58. The third-order valence-electron chi connectivity index (χ3n) is 4.78. The maximum absolute atomic E-state index is 12.6. The fourth-order valence-corrected chi connectivity index (χ4v) is 3.45.